The van der Waals surface area contributed by atoms with Gasteiger partial charge in [-0.05, 0) is 29.7 Å². The van der Waals surface area contributed by atoms with Crippen LogP contribution in [0.3, 0.4) is 0 Å². The van der Waals surface area contributed by atoms with Gasteiger partial charge >= 0.3 is 0 Å². The van der Waals surface area contributed by atoms with E-state index >= 15 is 0 Å². The summed E-state index contributed by atoms with van der Waals surface area (Å²) >= 11 is 1.87. The zero-order valence-corrected chi connectivity index (χ0v) is 17.3. The van der Waals surface area contributed by atoms with Gasteiger partial charge in [0.25, 0.3) is 0 Å². The third-order valence-corrected chi connectivity index (χ3v) is 5.96. The van der Waals surface area contributed by atoms with Gasteiger partial charge in [-0.2, -0.15) is 11.8 Å². The molecule has 5 heteroatoms. The van der Waals surface area contributed by atoms with Crippen molar-refractivity contribution in [3.05, 3.63) is 42.5 Å². The lowest BCUT2D eigenvalue weighted by Gasteiger charge is -2.37. The molecule has 0 saturated carbocycles. The fraction of sp³-hybridized carbons (Fsp3) is 0.500. The first-order valence-electron chi connectivity index (χ1n) is 9.99. The van der Waals surface area contributed by atoms with Crippen LogP contribution in [0.2, 0.25) is 0 Å². The van der Waals surface area contributed by atoms with Gasteiger partial charge in [-0.15, -0.1) is 0 Å². The topological polar surface area (TPSA) is 53.6 Å². The number of thioether (sulfide) groups is 1. The molecule has 3 rings (SSSR count). The number of aliphatic imine (C=N–C) groups is 1. The van der Waals surface area contributed by atoms with E-state index in [0.717, 1.165) is 49.3 Å². The van der Waals surface area contributed by atoms with Crippen molar-refractivity contribution in [3.63, 3.8) is 0 Å². The Bertz CT molecular complexity index is 746. The van der Waals surface area contributed by atoms with E-state index in [1.54, 1.807) is 0 Å². The molecule has 0 radical (unpaired) electrons. The Morgan fingerprint density at radius 2 is 1.85 bits per heavy atom. The Morgan fingerprint density at radius 3 is 2.63 bits per heavy atom. The van der Waals surface area contributed by atoms with Crippen molar-refractivity contribution in [2.75, 3.05) is 43.0 Å². The molecule has 0 bridgehead atoms. The van der Waals surface area contributed by atoms with Crippen molar-refractivity contribution in [3.8, 4) is 0 Å². The first-order valence-corrected chi connectivity index (χ1v) is 11.1. The molecule has 4 nitrogen and oxygen atoms in total. The molecule has 1 saturated heterocycles. The molecule has 1 heterocycles. The minimum absolute atomic E-state index is 0.694. The molecule has 0 spiro atoms. The number of nitrogens with one attached hydrogen (secondary N) is 1. The molecule has 27 heavy (non-hydrogen) atoms. The van der Waals surface area contributed by atoms with Gasteiger partial charge < -0.3 is 16.0 Å². The van der Waals surface area contributed by atoms with Crippen LogP contribution in [-0.4, -0.2) is 48.5 Å². The summed E-state index contributed by atoms with van der Waals surface area (Å²) in [4.78, 5) is 7.40. The second-order valence-corrected chi connectivity index (χ2v) is 8.83. The number of fused-ring (bicyclic) bond motifs is 1. The van der Waals surface area contributed by atoms with E-state index in [0.29, 0.717) is 11.8 Å². The molecular weight excluding hydrogens is 352 g/mol. The zero-order valence-electron chi connectivity index (χ0n) is 16.5. The van der Waals surface area contributed by atoms with Crippen molar-refractivity contribution in [2.24, 2.45) is 22.6 Å². The summed E-state index contributed by atoms with van der Waals surface area (Å²) in [5.41, 5.74) is 6.73. The standard InChI is InChI=1S/C22H32N4S/c1-17-14-18(2)16-26(15-17)22(24-11-13-27-12-10-23)25-21-9-5-7-19-6-3-4-8-20(19)21/h3-9,17-18H,10-16,23H2,1-2H3,(H,24,25). The summed E-state index contributed by atoms with van der Waals surface area (Å²) in [5.74, 6) is 4.41. The van der Waals surface area contributed by atoms with Crippen molar-refractivity contribution in [1.29, 1.82) is 0 Å². The van der Waals surface area contributed by atoms with Gasteiger partial charge in [0, 0.05) is 42.2 Å². The lowest BCUT2D eigenvalue weighted by Crippen LogP contribution is -2.45. The molecule has 146 valence electrons. The second-order valence-electron chi connectivity index (χ2n) is 7.61. The highest BCUT2D eigenvalue weighted by Gasteiger charge is 2.24. The first-order chi connectivity index (χ1) is 13.2. The second kappa shape index (κ2) is 10.00. The van der Waals surface area contributed by atoms with Gasteiger partial charge in [-0.25, -0.2) is 0 Å². The molecule has 0 aliphatic carbocycles. The molecule has 2 atom stereocenters. The van der Waals surface area contributed by atoms with E-state index in [4.69, 9.17) is 10.7 Å². The zero-order chi connectivity index (χ0) is 19.1. The molecule has 1 aliphatic heterocycles. The number of nitrogens with two attached hydrogens (primary N) is 1. The summed E-state index contributed by atoms with van der Waals surface area (Å²) < 4.78 is 0. The van der Waals surface area contributed by atoms with Crippen LogP contribution in [0, 0.1) is 11.8 Å². The molecule has 0 amide bonds. The molecule has 2 aromatic rings. The molecule has 3 N–H and O–H groups in total. The van der Waals surface area contributed by atoms with E-state index in [1.165, 1.54) is 17.2 Å². The highest BCUT2D eigenvalue weighted by molar-refractivity contribution is 7.99. The fourth-order valence-electron chi connectivity index (χ4n) is 3.91. The summed E-state index contributed by atoms with van der Waals surface area (Å²) in [5, 5.41) is 6.16. The maximum absolute atomic E-state index is 5.60. The molecule has 1 fully saturated rings. The number of likely N-dealkylation sites (tertiary alicyclic amines) is 1. The maximum atomic E-state index is 5.60. The third kappa shape index (κ3) is 5.63. The smallest absolute Gasteiger partial charge is 0.198 e. The van der Waals surface area contributed by atoms with Gasteiger partial charge in [0.05, 0.1) is 6.54 Å². The predicted molar refractivity (Wildman–Crippen MR) is 121 cm³/mol. The maximum Gasteiger partial charge on any atom is 0.198 e. The van der Waals surface area contributed by atoms with Gasteiger partial charge in [-0.3, -0.25) is 4.99 Å². The minimum Gasteiger partial charge on any atom is -0.342 e. The van der Waals surface area contributed by atoms with E-state index < -0.39 is 0 Å². The van der Waals surface area contributed by atoms with Crippen molar-refractivity contribution >= 4 is 34.2 Å². The van der Waals surface area contributed by atoms with Gasteiger partial charge in [-0.1, -0.05) is 50.2 Å². The lowest BCUT2D eigenvalue weighted by molar-refractivity contribution is 0.213. The summed E-state index contributed by atoms with van der Waals surface area (Å²) in [6, 6.07) is 14.9. The number of rotatable bonds is 6. The quantitative estimate of drug-likeness (QED) is 0.443. The molecule has 2 aromatic carbocycles. The van der Waals surface area contributed by atoms with Crippen LogP contribution in [0.25, 0.3) is 10.8 Å². The highest BCUT2D eigenvalue weighted by atomic mass is 32.2. The predicted octanol–water partition coefficient (Wildman–Crippen LogP) is 4.28. The molecule has 2 unspecified atom stereocenters. The summed E-state index contributed by atoms with van der Waals surface area (Å²) in [6.45, 7) is 8.37. The summed E-state index contributed by atoms with van der Waals surface area (Å²) in [7, 11) is 0. The van der Waals surface area contributed by atoms with E-state index in [9.17, 15) is 0 Å². The van der Waals surface area contributed by atoms with Crippen LogP contribution < -0.4 is 11.1 Å². The molecule has 1 aliphatic rings. The Labute approximate surface area is 167 Å². The number of hydrogen-bond acceptors (Lipinski definition) is 3. The van der Waals surface area contributed by atoms with Crippen LogP contribution >= 0.6 is 11.8 Å². The molecular formula is C22H32N4S. The average Bonchev–Trinajstić information content (AvgIpc) is 2.66. The van der Waals surface area contributed by atoms with Crippen LogP contribution in [0.1, 0.15) is 20.3 Å². The van der Waals surface area contributed by atoms with Crippen LogP contribution in [0.4, 0.5) is 5.69 Å². The Hall–Kier alpha value is -1.72. The normalized spacial score (nSPS) is 20.9. The number of nitrogens with zero attached hydrogens (tertiary/aromatic N) is 2. The van der Waals surface area contributed by atoms with Crippen molar-refractivity contribution in [2.45, 2.75) is 20.3 Å². The number of guanidine groups is 1. The van der Waals surface area contributed by atoms with Crippen molar-refractivity contribution in [1.82, 2.24) is 4.90 Å². The lowest BCUT2D eigenvalue weighted by atomic mass is 9.92. The minimum atomic E-state index is 0.694. The number of anilines is 1. The first kappa shape index (κ1) is 20.0. The van der Waals surface area contributed by atoms with Gasteiger partial charge in [0.15, 0.2) is 5.96 Å². The molecule has 0 aromatic heterocycles. The van der Waals surface area contributed by atoms with Crippen LogP contribution in [-0.2, 0) is 0 Å². The fourth-order valence-corrected chi connectivity index (χ4v) is 4.50. The largest absolute Gasteiger partial charge is 0.342 e. The Balaban J connectivity index is 1.81. The number of piperidine rings is 1. The summed E-state index contributed by atoms with van der Waals surface area (Å²) in [6.07, 6.45) is 1.30. The average molecular weight is 385 g/mol. The van der Waals surface area contributed by atoms with Crippen LogP contribution in [0.15, 0.2) is 47.5 Å². The van der Waals surface area contributed by atoms with E-state index in [2.05, 4.69) is 66.5 Å². The van der Waals surface area contributed by atoms with E-state index in [-0.39, 0.29) is 0 Å². The van der Waals surface area contributed by atoms with Gasteiger partial charge in [0.1, 0.15) is 0 Å². The SMILES string of the molecule is CC1CC(C)CN(C(=NCCSCCN)Nc2cccc3ccccc23)C1. The monoisotopic (exact) mass is 384 g/mol. The van der Waals surface area contributed by atoms with Crippen LogP contribution in [0.5, 0.6) is 0 Å². The van der Waals surface area contributed by atoms with Gasteiger partial charge in [0.2, 0.25) is 0 Å². The van der Waals surface area contributed by atoms with Crippen molar-refractivity contribution < 1.29 is 0 Å². The number of benzene rings is 2. The van der Waals surface area contributed by atoms with E-state index in [1.807, 2.05) is 11.8 Å². The Kier molecular flexibility index (Phi) is 7.41. The third-order valence-electron chi connectivity index (χ3n) is 4.96. The number of hydrogen-bond donors (Lipinski definition) is 2. The highest BCUT2D eigenvalue weighted by Crippen LogP contribution is 2.25. The Morgan fingerprint density at radius 1 is 1.11 bits per heavy atom.